The Balaban J connectivity index is 2.38. The average Bonchev–Trinajstić information content (AvgIpc) is 2.47. The van der Waals surface area contributed by atoms with Gasteiger partial charge in [-0.3, -0.25) is 10.1 Å². The van der Waals surface area contributed by atoms with Crippen LogP contribution in [0.2, 0.25) is 0 Å². The summed E-state index contributed by atoms with van der Waals surface area (Å²) < 4.78 is 0. The largest absolute Gasteiger partial charge is 0.478 e. The van der Waals surface area contributed by atoms with E-state index in [-0.39, 0.29) is 16.9 Å². The number of nitrogens with one attached hydrogen (secondary N) is 1. The van der Waals surface area contributed by atoms with Gasteiger partial charge in [-0.25, -0.2) is 9.78 Å². The highest BCUT2D eigenvalue weighted by atomic mass is 16.6. The van der Waals surface area contributed by atoms with Gasteiger partial charge in [0, 0.05) is 11.9 Å². The van der Waals surface area contributed by atoms with Crippen LogP contribution in [0.4, 0.5) is 17.2 Å². The molecular formula is C13H8N4O4. The van der Waals surface area contributed by atoms with Gasteiger partial charge < -0.3 is 10.4 Å². The molecule has 0 saturated heterocycles. The number of nitro groups is 1. The standard InChI is InChI=1S/C13H8N4O4/c14-7-9-5-6-15-12(11(9)17(20)21)16-10-3-1-8(2-4-10)13(18)19/h1-6H,(H,15,16)(H,18,19). The highest BCUT2D eigenvalue weighted by molar-refractivity contribution is 5.88. The normalized spacial score (nSPS) is 9.67. The van der Waals surface area contributed by atoms with Gasteiger partial charge in [-0.1, -0.05) is 0 Å². The zero-order valence-corrected chi connectivity index (χ0v) is 10.5. The van der Waals surface area contributed by atoms with E-state index in [0.717, 1.165) is 0 Å². The number of rotatable bonds is 4. The fourth-order valence-corrected chi connectivity index (χ4v) is 1.65. The van der Waals surface area contributed by atoms with Crippen molar-refractivity contribution in [1.29, 1.82) is 5.26 Å². The molecular weight excluding hydrogens is 276 g/mol. The number of hydrogen-bond acceptors (Lipinski definition) is 6. The first kappa shape index (κ1) is 14.0. The second-order valence-corrected chi connectivity index (χ2v) is 3.93. The first-order chi connectivity index (χ1) is 10.0. The SMILES string of the molecule is N#Cc1ccnc(Nc2ccc(C(=O)O)cc2)c1[N+](=O)[O-]. The molecule has 2 rings (SSSR count). The molecule has 0 bridgehead atoms. The maximum absolute atomic E-state index is 11.0. The van der Waals surface area contributed by atoms with Crippen molar-refractivity contribution in [3.05, 3.63) is 57.8 Å². The lowest BCUT2D eigenvalue weighted by atomic mass is 10.2. The Bertz CT molecular complexity index is 750. The van der Waals surface area contributed by atoms with E-state index in [2.05, 4.69) is 10.3 Å². The predicted octanol–water partition coefficient (Wildman–Crippen LogP) is 2.30. The van der Waals surface area contributed by atoms with Crippen LogP contribution < -0.4 is 5.32 Å². The molecule has 0 aliphatic carbocycles. The Morgan fingerprint density at radius 2 is 2.00 bits per heavy atom. The number of carbonyl (C=O) groups is 1. The predicted molar refractivity (Wildman–Crippen MR) is 72.3 cm³/mol. The summed E-state index contributed by atoms with van der Waals surface area (Å²) in [6.07, 6.45) is 1.28. The summed E-state index contributed by atoms with van der Waals surface area (Å²) in [5.41, 5.74) is -0.0264. The molecule has 0 aliphatic rings. The van der Waals surface area contributed by atoms with Gasteiger partial charge in [-0.2, -0.15) is 5.26 Å². The molecule has 0 aliphatic heterocycles. The third-order valence-electron chi connectivity index (χ3n) is 2.62. The molecule has 0 unspecified atom stereocenters. The van der Waals surface area contributed by atoms with Gasteiger partial charge >= 0.3 is 11.7 Å². The highest BCUT2D eigenvalue weighted by Gasteiger charge is 2.21. The molecule has 0 amide bonds. The summed E-state index contributed by atoms with van der Waals surface area (Å²) in [5, 5.41) is 31.4. The van der Waals surface area contributed by atoms with Gasteiger partial charge in [0.25, 0.3) is 0 Å². The molecule has 21 heavy (non-hydrogen) atoms. The first-order valence-electron chi connectivity index (χ1n) is 5.67. The molecule has 0 radical (unpaired) electrons. The molecule has 0 fully saturated rings. The lowest BCUT2D eigenvalue weighted by Crippen LogP contribution is -2.02. The van der Waals surface area contributed by atoms with Crippen LogP contribution in [0.3, 0.4) is 0 Å². The van der Waals surface area contributed by atoms with Crippen molar-refractivity contribution < 1.29 is 14.8 Å². The molecule has 2 aromatic rings. The fourth-order valence-electron chi connectivity index (χ4n) is 1.65. The number of carboxylic acid groups (broad SMARTS) is 1. The van der Waals surface area contributed by atoms with Crippen molar-refractivity contribution >= 4 is 23.2 Å². The van der Waals surface area contributed by atoms with Crippen molar-refractivity contribution in [2.45, 2.75) is 0 Å². The number of pyridine rings is 1. The zero-order valence-electron chi connectivity index (χ0n) is 10.5. The number of aromatic carboxylic acids is 1. The zero-order chi connectivity index (χ0) is 15.4. The van der Waals surface area contributed by atoms with E-state index >= 15 is 0 Å². The summed E-state index contributed by atoms with van der Waals surface area (Å²) in [5.74, 6) is -1.15. The molecule has 0 atom stereocenters. The molecule has 0 spiro atoms. The van der Waals surface area contributed by atoms with Crippen LogP contribution in [0.25, 0.3) is 0 Å². The van der Waals surface area contributed by atoms with Crippen molar-refractivity contribution in [1.82, 2.24) is 4.98 Å². The van der Waals surface area contributed by atoms with E-state index in [1.165, 1.54) is 36.5 Å². The Morgan fingerprint density at radius 1 is 1.33 bits per heavy atom. The second kappa shape index (κ2) is 5.66. The summed E-state index contributed by atoms with van der Waals surface area (Å²) in [7, 11) is 0. The monoisotopic (exact) mass is 284 g/mol. The first-order valence-corrected chi connectivity index (χ1v) is 5.67. The van der Waals surface area contributed by atoms with E-state index in [1.807, 2.05) is 0 Å². The fraction of sp³-hybridized carbons (Fsp3) is 0. The minimum atomic E-state index is -1.07. The number of nitriles is 1. The average molecular weight is 284 g/mol. The molecule has 1 aromatic heterocycles. The van der Waals surface area contributed by atoms with Gasteiger partial charge in [0.15, 0.2) is 0 Å². The Labute approximate surface area is 118 Å². The van der Waals surface area contributed by atoms with Gasteiger partial charge in [0.2, 0.25) is 5.82 Å². The van der Waals surface area contributed by atoms with E-state index < -0.39 is 16.6 Å². The third kappa shape index (κ3) is 2.93. The van der Waals surface area contributed by atoms with Crippen LogP contribution in [0, 0.1) is 21.4 Å². The topological polar surface area (TPSA) is 129 Å². The summed E-state index contributed by atoms with van der Waals surface area (Å²) >= 11 is 0. The summed E-state index contributed by atoms with van der Waals surface area (Å²) in [6.45, 7) is 0. The van der Waals surface area contributed by atoms with Crippen molar-refractivity contribution in [2.24, 2.45) is 0 Å². The minimum Gasteiger partial charge on any atom is -0.478 e. The maximum Gasteiger partial charge on any atom is 0.335 e. The number of hydrogen-bond donors (Lipinski definition) is 2. The Morgan fingerprint density at radius 3 is 2.52 bits per heavy atom. The lowest BCUT2D eigenvalue weighted by Gasteiger charge is -2.07. The van der Waals surface area contributed by atoms with Gasteiger partial charge in [0.05, 0.1) is 10.5 Å². The van der Waals surface area contributed by atoms with Crippen molar-refractivity contribution in [2.75, 3.05) is 5.32 Å². The third-order valence-corrected chi connectivity index (χ3v) is 2.62. The quantitative estimate of drug-likeness (QED) is 0.650. The van der Waals surface area contributed by atoms with E-state index in [1.54, 1.807) is 6.07 Å². The van der Waals surface area contributed by atoms with Gasteiger partial charge in [-0.15, -0.1) is 0 Å². The molecule has 104 valence electrons. The van der Waals surface area contributed by atoms with E-state index in [9.17, 15) is 14.9 Å². The van der Waals surface area contributed by atoms with Crippen LogP contribution in [-0.2, 0) is 0 Å². The van der Waals surface area contributed by atoms with Crippen LogP contribution in [0.5, 0.6) is 0 Å². The number of nitrogens with zero attached hydrogens (tertiary/aromatic N) is 3. The highest BCUT2D eigenvalue weighted by Crippen LogP contribution is 2.28. The Hall–Kier alpha value is -3.47. The lowest BCUT2D eigenvalue weighted by molar-refractivity contribution is -0.384. The van der Waals surface area contributed by atoms with Crippen LogP contribution >= 0.6 is 0 Å². The van der Waals surface area contributed by atoms with Crippen molar-refractivity contribution in [3.63, 3.8) is 0 Å². The molecule has 8 heteroatoms. The van der Waals surface area contributed by atoms with E-state index in [0.29, 0.717) is 5.69 Å². The molecule has 0 saturated carbocycles. The summed E-state index contributed by atoms with van der Waals surface area (Å²) in [6, 6.07) is 8.58. The van der Waals surface area contributed by atoms with Crippen molar-refractivity contribution in [3.8, 4) is 6.07 Å². The number of benzene rings is 1. The second-order valence-electron chi connectivity index (χ2n) is 3.93. The summed E-state index contributed by atoms with van der Waals surface area (Å²) in [4.78, 5) is 24.9. The number of anilines is 2. The van der Waals surface area contributed by atoms with Crippen LogP contribution in [0.1, 0.15) is 15.9 Å². The van der Waals surface area contributed by atoms with Crippen LogP contribution in [0.15, 0.2) is 36.5 Å². The molecule has 8 nitrogen and oxygen atoms in total. The number of carboxylic acids is 1. The maximum atomic E-state index is 11.0. The van der Waals surface area contributed by atoms with Crippen LogP contribution in [-0.4, -0.2) is 21.0 Å². The minimum absolute atomic E-state index is 0.0814. The smallest absolute Gasteiger partial charge is 0.335 e. The van der Waals surface area contributed by atoms with Gasteiger partial charge in [-0.05, 0) is 30.3 Å². The molecule has 1 heterocycles. The number of aromatic nitrogens is 1. The molecule has 1 aromatic carbocycles. The Kier molecular flexibility index (Phi) is 3.76. The molecule has 2 N–H and O–H groups in total. The van der Waals surface area contributed by atoms with Gasteiger partial charge in [0.1, 0.15) is 11.6 Å². The van der Waals surface area contributed by atoms with E-state index in [4.69, 9.17) is 10.4 Å².